The average Bonchev–Trinajstić information content (AvgIpc) is 2.73. The first-order valence-corrected chi connectivity index (χ1v) is 9.19. The average molecular weight is 364 g/mol. The van der Waals surface area contributed by atoms with E-state index in [2.05, 4.69) is 27.7 Å². The van der Waals surface area contributed by atoms with Gasteiger partial charge >= 0.3 is 7.12 Å². The maximum absolute atomic E-state index is 6.19. The Morgan fingerprint density at radius 3 is 2.15 bits per heavy atom. The maximum atomic E-state index is 6.19. The number of hydrogen-bond acceptors (Lipinski definition) is 5. The first-order chi connectivity index (χ1) is 12.0. The maximum Gasteiger partial charge on any atom is 0.495 e. The van der Waals surface area contributed by atoms with Gasteiger partial charge in [0.1, 0.15) is 5.75 Å². The summed E-state index contributed by atoms with van der Waals surface area (Å²) in [5.41, 5.74) is 1.06. The fraction of sp³-hybridized carbons (Fsp3) is 0.700. The van der Waals surface area contributed by atoms with Crippen LogP contribution in [0.15, 0.2) is 18.2 Å². The summed E-state index contributed by atoms with van der Waals surface area (Å²) in [4.78, 5) is 0. The molecule has 0 aromatic heterocycles. The molecule has 1 heterocycles. The van der Waals surface area contributed by atoms with Crippen LogP contribution in [0.25, 0.3) is 0 Å². The smallest absolute Gasteiger partial charge is 0.495 e. The summed E-state index contributed by atoms with van der Waals surface area (Å²) in [6.45, 7) is 15.8. The molecule has 1 fully saturated rings. The Morgan fingerprint density at radius 2 is 1.62 bits per heavy atom. The summed E-state index contributed by atoms with van der Waals surface area (Å²) in [7, 11) is 1.24. The molecule has 1 aromatic rings. The zero-order chi connectivity index (χ0) is 19.6. The highest BCUT2D eigenvalue weighted by Gasteiger charge is 2.52. The highest BCUT2D eigenvalue weighted by molar-refractivity contribution is 6.62. The van der Waals surface area contributed by atoms with Crippen molar-refractivity contribution >= 4 is 12.6 Å². The van der Waals surface area contributed by atoms with Gasteiger partial charge in [-0.15, -0.1) is 0 Å². The molecule has 0 atom stereocenters. The highest BCUT2D eigenvalue weighted by atomic mass is 16.7. The Kier molecular flexibility index (Phi) is 6.44. The quantitative estimate of drug-likeness (QED) is 0.549. The standard InChI is InChI=1S/C20H33BO5/c1-18(2,3)24-12-11-23-14-15-13-16(22-8)9-10-17(15)21-25-19(4,5)20(6,7)26-21/h9-10,13H,11-12,14H2,1-8H3. The molecule has 1 aromatic carbocycles. The molecule has 0 amide bonds. The molecule has 5 nitrogen and oxygen atoms in total. The predicted octanol–water partition coefficient (Wildman–Crippen LogP) is 3.33. The third-order valence-corrected chi connectivity index (χ3v) is 4.88. The summed E-state index contributed by atoms with van der Waals surface area (Å²) < 4.78 is 29.3. The highest BCUT2D eigenvalue weighted by Crippen LogP contribution is 2.36. The number of hydrogen-bond donors (Lipinski definition) is 0. The van der Waals surface area contributed by atoms with E-state index >= 15 is 0 Å². The Balaban J connectivity index is 2.08. The third kappa shape index (κ3) is 5.23. The van der Waals surface area contributed by atoms with Crippen LogP contribution < -0.4 is 10.2 Å². The van der Waals surface area contributed by atoms with E-state index in [4.69, 9.17) is 23.5 Å². The molecular formula is C20H33BO5. The van der Waals surface area contributed by atoms with Crippen molar-refractivity contribution in [3.05, 3.63) is 23.8 Å². The van der Waals surface area contributed by atoms with Gasteiger partial charge < -0.3 is 23.5 Å². The van der Waals surface area contributed by atoms with E-state index in [9.17, 15) is 0 Å². The molecule has 0 radical (unpaired) electrons. The molecule has 146 valence electrons. The van der Waals surface area contributed by atoms with E-state index in [0.29, 0.717) is 19.8 Å². The van der Waals surface area contributed by atoms with E-state index in [-0.39, 0.29) is 16.8 Å². The van der Waals surface area contributed by atoms with Crippen LogP contribution in [0, 0.1) is 0 Å². The van der Waals surface area contributed by atoms with Crippen LogP contribution in [-0.2, 0) is 25.4 Å². The van der Waals surface area contributed by atoms with Crippen LogP contribution >= 0.6 is 0 Å². The molecule has 26 heavy (non-hydrogen) atoms. The van der Waals surface area contributed by atoms with Crippen molar-refractivity contribution in [3.8, 4) is 5.75 Å². The van der Waals surface area contributed by atoms with Gasteiger partial charge in [-0.2, -0.15) is 0 Å². The molecule has 0 bridgehead atoms. The largest absolute Gasteiger partial charge is 0.497 e. The molecule has 0 aliphatic carbocycles. The van der Waals surface area contributed by atoms with Crippen LogP contribution in [0.5, 0.6) is 5.75 Å². The van der Waals surface area contributed by atoms with E-state index in [1.807, 2.05) is 39.0 Å². The topological polar surface area (TPSA) is 46.2 Å². The second-order valence-corrected chi connectivity index (χ2v) is 8.67. The number of benzene rings is 1. The van der Waals surface area contributed by atoms with Crippen molar-refractivity contribution in [3.63, 3.8) is 0 Å². The Morgan fingerprint density at radius 1 is 1.00 bits per heavy atom. The normalized spacial score (nSPS) is 19.0. The molecule has 0 saturated carbocycles. The van der Waals surface area contributed by atoms with Crippen LogP contribution in [-0.4, -0.2) is 44.2 Å². The molecule has 0 N–H and O–H groups in total. The van der Waals surface area contributed by atoms with E-state index in [1.165, 1.54) is 0 Å². The fourth-order valence-electron chi connectivity index (χ4n) is 2.62. The zero-order valence-corrected chi connectivity index (χ0v) is 17.5. The second-order valence-electron chi connectivity index (χ2n) is 8.67. The lowest BCUT2D eigenvalue weighted by atomic mass is 9.76. The van der Waals surface area contributed by atoms with Gasteiger partial charge in [-0.1, -0.05) is 6.07 Å². The van der Waals surface area contributed by atoms with Gasteiger partial charge in [0.25, 0.3) is 0 Å². The summed E-state index contributed by atoms with van der Waals surface area (Å²) in [6.07, 6.45) is 0. The van der Waals surface area contributed by atoms with Crippen molar-refractivity contribution in [1.82, 2.24) is 0 Å². The lowest BCUT2D eigenvalue weighted by molar-refractivity contribution is -0.0376. The Labute approximate surface area is 158 Å². The van der Waals surface area contributed by atoms with Gasteiger partial charge in [0.05, 0.1) is 43.7 Å². The van der Waals surface area contributed by atoms with Gasteiger partial charge in [-0.25, -0.2) is 0 Å². The molecule has 6 heteroatoms. The van der Waals surface area contributed by atoms with Crippen LogP contribution in [0.3, 0.4) is 0 Å². The zero-order valence-electron chi connectivity index (χ0n) is 17.5. The summed E-state index contributed by atoms with van der Waals surface area (Å²) in [5, 5.41) is 0. The molecule has 1 aliphatic heterocycles. The molecular weight excluding hydrogens is 331 g/mol. The minimum atomic E-state index is -0.421. The molecule has 0 spiro atoms. The fourth-order valence-corrected chi connectivity index (χ4v) is 2.62. The molecule has 0 unspecified atom stereocenters. The van der Waals surface area contributed by atoms with Gasteiger partial charge in [0.15, 0.2) is 0 Å². The third-order valence-electron chi connectivity index (χ3n) is 4.88. The first kappa shape index (κ1) is 21.2. The van der Waals surface area contributed by atoms with Gasteiger partial charge in [-0.05, 0) is 71.6 Å². The summed E-state index contributed by atoms with van der Waals surface area (Å²) in [6, 6.07) is 5.89. The first-order valence-electron chi connectivity index (χ1n) is 9.19. The van der Waals surface area contributed by atoms with Gasteiger partial charge in [0, 0.05) is 0 Å². The van der Waals surface area contributed by atoms with Gasteiger partial charge in [-0.3, -0.25) is 0 Å². The van der Waals surface area contributed by atoms with Crippen molar-refractivity contribution in [2.75, 3.05) is 20.3 Å². The van der Waals surface area contributed by atoms with Crippen molar-refractivity contribution in [2.24, 2.45) is 0 Å². The second kappa shape index (κ2) is 7.89. The van der Waals surface area contributed by atoms with E-state index < -0.39 is 7.12 Å². The minimum absolute atomic E-state index is 0.160. The Hall–Kier alpha value is -1.08. The number of rotatable bonds is 7. The summed E-state index contributed by atoms with van der Waals surface area (Å²) in [5.74, 6) is 0.787. The van der Waals surface area contributed by atoms with Crippen LogP contribution in [0.1, 0.15) is 54.0 Å². The Bertz CT molecular complexity index is 591. The number of ether oxygens (including phenoxy) is 3. The minimum Gasteiger partial charge on any atom is -0.497 e. The van der Waals surface area contributed by atoms with Gasteiger partial charge in [0.2, 0.25) is 0 Å². The van der Waals surface area contributed by atoms with Crippen molar-refractivity contribution in [2.45, 2.75) is 71.9 Å². The van der Waals surface area contributed by atoms with E-state index in [1.54, 1.807) is 7.11 Å². The van der Waals surface area contributed by atoms with Crippen molar-refractivity contribution < 1.29 is 23.5 Å². The van der Waals surface area contributed by atoms with E-state index in [0.717, 1.165) is 16.8 Å². The lowest BCUT2D eigenvalue weighted by Crippen LogP contribution is -2.41. The lowest BCUT2D eigenvalue weighted by Gasteiger charge is -2.32. The monoisotopic (exact) mass is 364 g/mol. The predicted molar refractivity (Wildman–Crippen MR) is 104 cm³/mol. The van der Waals surface area contributed by atoms with Crippen molar-refractivity contribution in [1.29, 1.82) is 0 Å². The molecule has 1 saturated heterocycles. The van der Waals surface area contributed by atoms with Crippen LogP contribution in [0.4, 0.5) is 0 Å². The summed E-state index contributed by atoms with van der Waals surface area (Å²) >= 11 is 0. The number of methoxy groups -OCH3 is 1. The molecule has 2 rings (SSSR count). The molecule has 1 aliphatic rings. The SMILES string of the molecule is COc1ccc(B2OC(C)(C)C(C)(C)O2)c(COCCOC(C)(C)C)c1. The van der Waals surface area contributed by atoms with Crippen LogP contribution in [0.2, 0.25) is 0 Å².